The van der Waals surface area contributed by atoms with Crippen LogP contribution in [-0.2, 0) is 21.2 Å². The molecule has 0 aromatic heterocycles. The number of hydrogen-bond donors (Lipinski definition) is 1. The monoisotopic (exact) mass is 337 g/mol. The van der Waals surface area contributed by atoms with Crippen LogP contribution in [-0.4, -0.2) is 51.4 Å². The third kappa shape index (κ3) is 3.27. The van der Waals surface area contributed by atoms with E-state index in [2.05, 4.69) is 5.32 Å². The topological polar surface area (TPSA) is 69.7 Å². The number of anilines is 1. The van der Waals surface area contributed by atoms with E-state index in [4.69, 9.17) is 0 Å². The molecule has 0 radical (unpaired) electrons. The van der Waals surface area contributed by atoms with E-state index in [1.165, 1.54) is 11.2 Å². The van der Waals surface area contributed by atoms with Gasteiger partial charge in [0.15, 0.2) is 0 Å². The molecule has 0 spiro atoms. The van der Waals surface area contributed by atoms with E-state index in [-0.39, 0.29) is 10.8 Å². The van der Waals surface area contributed by atoms with Gasteiger partial charge in [-0.15, -0.1) is 0 Å². The van der Waals surface area contributed by atoms with Crippen molar-refractivity contribution in [3.05, 3.63) is 23.8 Å². The Bertz CT molecular complexity index is 695. The van der Waals surface area contributed by atoms with Gasteiger partial charge in [0.1, 0.15) is 0 Å². The van der Waals surface area contributed by atoms with E-state index < -0.39 is 10.0 Å². The van der Waals surface area contributed by atoms with Crippen molar-refractivity contribution < 1.29 is 13.2 Å². The molecule has 1 aromatic rings. The van der Waals surface area contributed by atoms with Crippen LogP contribution in [0.5, 0.6) is 0 Å². The lowest BCUT2D eigenvalue weighted by molar-refractivity contribution is -0.116. The highest BCUT2D eigenvalue weighted by molar-refractivity contribution is 7.89. The number of carbonyl (C=O) groups excluding carboxylic acids is 1. The number of benzene rings is 1. The van der Waals surface area contributed by atoms with E-state index in [0.29, 0.717) is 26.2 Å². The second-order valence-corrected chi connectivity index (χ2v) is 8.01. The van der Waals surface area contributed by atoms with Gasteiger partial charge in [0.25, 0.3) is 0 Å². The normalized spacial score (nSPS) is 20.0. The highest BCUT2D eigenvalue weighted by Gasteiger charge is 2.28. The third-order valence-electron chi connectivity index (χ3n) is 4.49. The maximum absolute atomic E-state index is 12.9. The van der Waals surface area contributed by atoms with Gasteiger partial charge in [-0.1, -0.05) is 6.07 Å². The van der Waals surface area contributed by atoms with Gasteiger partial charge in [-0.25, -0.2) is 8.42 Å². The molecular formula is C16H23N3O3S. The highest BCUT2D eigenvalue weighted by atomic mass is 32.2. The second-order valence-electron chi connectivity index (χ2n) is 6.07. The molecule has 1 saturated heterocycles. The fourth-order valence-electron chi connectivity index (χ4n) is 3.25. The van der Waals surface area contributed by atoms with Crippen LogP contribution in [0.2, 0.25) is 0 Å². The second kappa shape index (κ2) is 6.59. The van der Waals surface area contributed by atoms with Crippen molar-refractivity contribution >= 4 is 21.6 Å². The zero-order valence-corrected chi connectivity index (χ0v) is 14.2. The van der Waals surface area contributed by atoms with Gasteiger partial charge in [0, 0.05) is 38.8 Å². The summed E-state index contributed by atoms with van der Waals surface area (Å²) < 4.78 is 27.3. The highest BCUT2D eigenvalue weighted by Crippen LogP contribution is 2.31. The molecule has 1 N–H and O–H groups in total. The first-order valence-electron chi connectivity index (χ1n) is 8.12. The largest absolute Gasteiger partial charge is 0.315 e. The summed E-state index contributed by atoms with van der Waals surface area (Å²) in [5.74, 6) is -0.0422. The minimum atomic E-state index is -3.51. The summed E-state index contributed by atoms with van der Waals surface area (Å²) in [6.07, 6.45) is 2.60. The molecule has 2 aliphatic heterocycles. The van der Waals surface area contributed by atoms with Crippen LogP contribution in [0.4, 0.5) is 5.69 Å². The molecule has 1 amide bonds. The van der Waals surface area contributed by atoms with Crippen LogP contribution < -0.4 is 10.2 Å². The van der Waals surface area contributed by atoms with Gasteiger partial charge in [0.05, 0.1) is 4.90 Å². The third-order valence-corrected chi connectivity index (χ3v) is 6.39. The molecular weight excluding hydrogens is 314 g/mol. The molecule has 126 valence electrons. The first-order chi connectivity index (χ1) is 11.0. The summed E-state index contributed by atoms with van der Waals surface area (Å²) in [6.45, 7) is 4.70. The van der Waals surface area contributed by atoms with Gasteiger partial charge < -0.3 is 10.2 Å². The fourth-order valence-corrected chi connectivity index (χ4v) is 4.75. The lowest BCUT2D eigenvalue weighted by Gasteiger charge is -2.29. The zero-order valence-electron chi connectivity index (χ0n) is 13.4. The molecule has 7 heteroatoms. The first kappa shape index (κ1) is 16.4. The van der Waals surface area contributed by atoms with Crippen molar-refractivity contribution in [2.24, 2.45) is 0 Å². The molecule has 3 rings (SSSR count). The number of carbonyl (C=O) groups is 1. The Labute approximate surface area is 137 Å². The SMILES string of the molecule is CC(=O)N1CCCc2ccc(S(=O)(=O)N3CCCNCC3)cc21. The first-order valence-corrected chi connectivity index (χ1v) is 9.56. The maximum Gasteiger partial charge on any atom is 0.243 e. The molecule has 23 heavy (non-hydrogen) atoms. The van der Waals surface area contributed by atoms with Crippen LogP contribution in [0.3, 0.4) is 0 Å². The van der Waals surface area contributed by atoms with E-state index in [1.54, 1.807) is 17.0 Å². The van der Waals surface area contributed by atoms with Crippen LogP contribution >= 0.6 is 0 Å². The quantitative estimate of drug-likeness (QED) is 0.873. The molecule has 2 aliphatic rings. The molecule has 2 heterocycles. The van der Waals surface area contributed by atoms with Crippen LogP contribution in [0.25, 0.3) is 0 Å². The summed E-state index contributed by atoms with van der Waals surface area (Å²) in [5, 5.41) is 3.21. The predicted octanol–water partition coefficient (Wildman–Crippen LogP) is 0.970. The molecule has 0 bridgehead atoms. The lowest BCUT2D eigenvalue weighted by Crippen LogP contribution is -2.36. The average Bonchev–Trinajstić information content (AvgIpc) is 2.83. The smallest absolute Gasteiger partial charge is 0.243 e. The van der Waals surface area contributed by atoms with Crippen molar-refractivity contribution in [3.63, 3.8) is 0 Å². The number of rotatable bonds is 2. The van der Waals surface area contributed by atoms with E-state index in [9.17, 15) is 13.2 Å². The van der Waals surface area contributed by atoms with Crippen molar-refractivity contribution in [2.45, 2.75) is 31.1 Å². The number of hydrogen-bond acceptors (Lipinski definition) is 4. The number of amides is 1. The number of sulfonamides is 1. The zero-order chi connectivity index (χ0) is 16.4. The Morgan fingerprint density at radius 2 is 1.96 bits per heavy atom. The Hall–Kier alpha value is -1.44. The summed E-state index contributed by atoms with van der Waals surface area (Å²) in [6, 6.07) is 5.20. The van der Waals surface area contributed by atoms with Gasteiger partial charge in [-0.3, -0.25) is 4.79 Å². The minimum Gasteiger partial charge on any atom is -0.315 e. The molecule has 0 atom stereocenters. The Morgan fingerprint density at radius 1 is 1.13 bits per heavy atom. The summed E-state index contributed by atoms with van der Waals surface area (Å²) in [4.78, 5) is 13.8. The number of fused-ring (bicyclic) bond motifs is 1. The lowest BCUT2D eigenvalue weighted by atomic mass is 10.0. The maximum atomic E-state index is 12.9. The molecule has 1 aromatic carbocycles. The van der Waals surface area contributed by atoms with Gasteiger partial charge in [0.2, 0.25) is 15.9 Å². The van der Waals surface area contributed by atoms with E-state index >= 15 is 0 Å². The van der Waals surface area contributed by atoms with Crippen molar-refractivity contribution in [1.29, 1.82) is 0 Å². The number of nitrogens with one attached hydrogen (secondary N) is 1. The standard InChI is InChI=1S/C16H23N3O3S/c1-13(20)19-10-2-4-14-5-6-15(12-16(14)19)23(21,22)18-9-3-7-17-8-11-18/h5-6,12,17H,2-4,7-11H2,1H3. The fraction of sp³-hybridized carbons (Fsp3) is 0.562. The summed E-state index contributed by atoms with van der Waals surface area (Å²) >= 11 is 0. The van der Waals surface area contributed by atoms with E-state index in [0.717, 1.165) is 37.1 Å². The molecule has 0 saturated carbocycles. The van der Waals surface area contributed by atoms with Gasteiger partial charge >= 0.3 is 0 Å². The summed E-state index contributed by atoms with van der Waals surface area (Å²) in [5.41, 5.74) is 1.79. The van der Waals surface area contributed by atoms with Gasteiger partial charge in [-0.2, -0.15) is 4.31 Å². The van der Waals surface area contributed by atoms with Gasteiger partial charge in [-0.05, 0) is 43.5 Å². The summed E-state index contributed by atoms with van der Waals surface area (Å²) in [7, 11) is -3.51. The van der Waals surface area contributed by atoms with Crippen molar-refractivity contribution in [1.82, 2.24) is 9.62 Å². The Morgan fingerprint density at radius 3 is 2.74 bits per heavy atom. The minimum absolute atomic E-state index is 0.0422. The molecule has 0 aliphatic carbocycles. The average molecular weight is 337 g/mol. The Kier molecular flexibility index (Phi) is 4.70. The van der Waals surface area contributed by atoms with Crippen molar-refractivity contribution in [2.75, 3.05) is 37.6 Å². The number of nitrogens with zero attached hydrogens (tertiary/aromatic N) is 2. The molecule has 1 fully saturated rings. The number of aryl methyl sites for hydroxylation is 1. The van der Waals surface area contributed by atoms with Crippen molar-refractivity contribution in [3.8, 4) is 0 Å². The Balaban J connectivity index is 1.96. The predicted molar refractivity (Wildman–Crippen MR) is 89.0 cm³/mol. The van der Waals surface area contributed by atoms with Crippen LogP contribution in [0, 0.1) is 0 Å². The van der Waals surface area contributed by atoms with Crippen LogP contribution in [0.1, 0.15) is 25.3 Å². The van der Waals surface area contributed by atoms with E-state index in [1.807, 2.05) is 6.07 Å². The molecule has 6 nitrogen and oxygen atoms in total. The van der Waals surface area contributed by atoms with Crippen LogP contribution in [0.15, 0.2) is 23.1 Å². The molecule has 0 unspecified atom stereocenters.